The van der Waals surface area contributed by atoms with Gasteiger partial charge in [0.25, 0.3) is 5.91 Å². The molecule has 162 valence electrons. The van der Waals surface area contributed by atoms with Gasteiger partial charge in [-0.25, -0.2) is 4.79 Å². The van der Waals surface area contributed by atoms with Crippen molar-refractivity contribution in [2.75, 3.05) is 0 Å². The summed E-state index contributed by atoms with van der Waals surface area (Å²) in [7, 11) is 0. The lowest BCUT2D eigenvalue weighted by Crippen LogP contribution is -2.41. The molecule has 0 fully saturated rings. The summed E-state index contributed by atoms with van der Waals surface area (Å²) in [5, 5.41) is 3.69. The molecule has 31 heavy (non-hydrogen) atoms. The molecule has 0 radical (unpaired) electrons. The number of fused-ring (bicyclic) bond motifs is 1. The van der Waals surface area contributed by atoms with Crippen LogP contribution in [0.4, 0.5) is 0 Å². The molecule has 0 aliphatic rings. The second kappa shape index (κ2) is 10.2. The minimum atomic E-state index is -0.886. The van der Waals surface area contributed by atoms with Crippen LogP contribution in [-0.4, -0.2) is 29.0 Å². The lowest BCUT2D eigenvalue weighted by molar-refractivity contribution is -0.129. The van der Waals surface area contributed by atoms with E-state index in [1.807, 2.05) is 63.2 Å². The highest BCUT2D eigenvalue weighted by Crippen LogP contribution is 2.24. The second-order valence-corrected chi connectivity index (χ2v) is 7.91. The van der Waals surface area contributed by atoms with Gasteiger partial charge in [0.05, 0.1) is 11.1 Å². The number of pyridine rings is 1. The number of para-hydroxylation sites is 1. The van der Waals surface area contributed by atoms with Gasteiger partial charge >= 0.3 is 5.97 Å². The number of rotatable bonds is 8. The highest BCUT2D eigenvalue weighted by molar-refractivity contribution is 6.05. The molecule has 2 atom stereocenters. The maximum atomic E-state index is 13.0. The Morgan fingerprint density at radius 2 is 1.71 bits per heavy atom. The molecular formula is C26H30N2O3. The van der Waals surface area contributed by atoms with Gasteiger partial charge in [0.1, 0.15) is 0 Å². The average Bonchev–Trinajstić information content (AvgIpc) is 2.77. The number of nitrogens with zero attached hydrogens (tertiary/aromatic N) is 1. The first-order chi connectivity index (χ1) is 14.9. The van der Waals surface area contributed by atoms with Gasteiger partial charge in [0.2, 0.25) is 0 Å². The van der Waals surface area contributed by atoms with Gasteiger partial charge in [-0.05, 0) is 57.2 Å². The van der Waals surface area contributed by atoms with Crippen LogP contribution in [-0.2, 0) is 22.4 Å². The van der Waals surface area contributed by atoms with Gasteiger partial charge in [-0.1, -0.05) is 55.5 Å². The van der Waals surface area contributed by atoms with Gasteiger partial charge in [-0.15, -0.1) is 0 Å². The monoisotopic (exact) mass is 418 g/mol. The Morgan fingerprint density at radius 1 is 1.03 bits per heavy atom. The third-order valence-electron chi connectivity index (χ3n) is 5.53. The summed E-state index contributed by atoms with van der Waals surface area (Å²) in [6.07, 6.45) is 1.51. The second-order valence-electron chi connectivity index (χ2n) is 7.91. The minimum absolute atomic E-state index is 0.0240. The van der Waals surface area contributed by atoms with Gasteiger partial charge in [0.15, 0.2) is 6.10 Å². The molecule has 5 nitrogen and oxygen atoms in total. The van der Waals surface area contributed by atoms with E-state index in [1.165, 1.54) is 5.56 Å². The lowest BCUT2D eigenvalue weighted by atomic mass is 10.0. The van der Waals surface area contributed by atoms with E-state index in [4.69, 9.17) is 4.74 Å². The molecule has 1 aromatic heterocycles. The van der Waals surface area contributed by atoms with Crippen molar-refractivity contribution in [2.24, 2.45) is 0 Å². The van der Waals surface area contributed by atoms with E-state index in [2.05, 4.69) is 22.4 Å². The number of ether oxygens (including phenoxy) is 1. The number of nitrogens with one attached hydrogen (secondary N) is 1. The van der Waals surface area contributed by atoms with Crippen LogP contribution in [0, 0.1) is 6.92 Å². The first-order valence-corrected chi connectivity index (χ1v) is 10.8. The number of benzene rings is 2. The Hall–Kier alpha value is -3.21. The molecule has 3 rings (SSSR count). The summed E-state index contributed by atoms with van der Waals surface area (Å²) < 4.78 is 5.57. The number of aromatic nitrogens is 1. The van der Waals surface area contributed by atoms with Crippen molar-refractivity contribution in [1.82, 2.24) is 10.3 Å². The predicted octanol–water partition coefficient (Wildman–Crippen LogP) is 4.79. The molecule has 0 saturated carbocycles. The Kier molecular flexibility index (Phi) is 7.40. The Labute approximate surface area is 183 Å². The van der Waals surface area contributed by atoms with Crippen LogP contribution in [0.2, 0.25) is 0 Å². The van der Waals surface area contributed by atoms with Crippen molar-refractivity contribution in [3.8, 4) is 0 Å². The third kappa shape index (κ3) is 5.48. The summed E-state index contributed by atoms with van der Waals surface area (Å²) in [4.78, 5) is 30.3. The first-order valence-electron chi connectivity index (χ1n) is 10.8. The fourth-order valence-corrected chi connectivity index (χ4v) is 3.70. The van der Waals surface area contributed by atoms with Crippen LogP contribution in [0.1, 0.15) is 54.4 Å². The fourth-order valence-electron chi connectivity index (χ4n) is 3.70. The molecule has 0 saturated heterocycles. The number of esters is 1. The predicted molar refractivity (Wildman–Crippen MR) is 123 cm³/mol. The van der Waals surface area contributed by atoms with E-state index >= 15 is 0 Å². The van der Waals surface area contributed by atoms with Crippen molar-refractivity contribution in [1.29, 1.82) is 0 Å². The van der Waals surface area contributed by atoms with Crippen molar-refractivity contribution in [3.63, 3.8) is 0 Å². The standard InChI is InChI=1S/C26H30N2O3/c1-5-22-18(3)24(21-13-9-10-14-23(21)28-22)26(30)31-19(4)25(29)27-17(2)15-16-20-11-7-6-8-12-20/h6-14,17,19H,5,15-16H2,1-4H3,(H,27,29)/t17-,19-/m0/s1. The summed E-state index contributed by atoms with van der Waals surface area (Å²) in [5.41, 5.74) is 4.13. The lowest BCUT2D eigenvalue weighted by Gasteiger charge is -2.19. The van der Waals surface area contributed by atoms with Crippen molar-refractivity contribution in [3.05, 3.63) is 77.0 Å². The summed E-state index contributed by atoms with van der Waals surface area (Å²) in [6, 6.07) is 17.6. The van der Waals surface area contributed by atoms with Crippen LogP contribution < -0.4 is 5.32 Å². The third-order valence-corrected chi connectivity index (χ3v) is 5.53. The number of carbonyl (C=O) groups is 2. The van der Waals surface area contributed by atoms with E-state index in [0.717, 1.165) is 35.0 Å². The average molecular weight is 419 g/mol. The maximum Gasteiger partial charge on any atom is 0.339 e. The zero-order valence-corrected chi connectivity index (χ0v) is 18.6. The number of hydrogen-bond acceptors (Lipinski definition) is 4. The minimum Gasteiger partial charge on any atom is -0.449 e. The Balaban J connectivity index is 1.66. The largest absolute Gasteiger partial charge is 0.449 e. The van der Waals surface area contributed by atoms with Crippen LogP contribution in [0.3, 0.4) is 0 Å². The molecule has 0 unspecified atom stereocenters. The van der Waals surface area contributed by atoms with Crippen LogP contribution >= 0.6 is 0 Å². The maximum absolute atomic E-state index is 13.0. The van der Waals surface area contributed by atoms with E-state index < -0.39 is 12.1 Å². The molecule has 0 aliphatic heterocycles. The zero-order chi connectivity index (χ0) is 22.4. The molecular weight excluding hydrogens is 388 g/mol. The molecule has 3 aromatic rings. The van der Waals surface area contributed by atoms with E-state index in [1.54, 1.807) is 6.92 Å². The van der Waals surface area contributed by atoms with Gasteiger partial charge in [-0.2, -0.15) is 0 Å². The van der Waals surface area contributed by atoms with Gasteiger partial charge in [0, 0.05) is 17.1 Å². The molecule has 0 aliphatic carbocycles. The molecule has 5 heteroatoms. The summed E-state index contributed by atoms with van der Waals surface area (Å²) in [5.74, 6) is -0.786. The van der Waals surface area contributed by atoms with Gasteiger partial charge < -0.3 is 10.1 Å². The quantitative estimate of drug-likeness (QED) is 0.534. The number of amides is 1. The highest BCUT2D eigenvalue weighted by Gasteiger charge is 2.24. The summed E-state index contributed by atoms with van der Waals surface area (Å²) in [6.45, 7) is 7.46. The molecule has 0 spiro atoms. The van der Waals surface area contributed by atoms with Crippen LogP contribution in [0.25, 0.3) is 10.9 Å². The molecule has 2 aromatic carbocycles. The summed E-state index contributed by atoms with van der Waals surface area (Å²) >= 11 is 0. The number of hydrogen-bond donors (Lipinski definition) is 1. The van der Waals surface area contributed by atoms with Crippen molar-refractivity contribution in [2.45, 2.75) is 59.1 Å². The smallest absolute Gasteiger partial charge is 0.339 e. The zero-order valence-electron chi connectivity index (χ0n) is 18.6. The Morgan fingerprint density at radius 3 is 2.42 bits per heavy atom. The van der Waals surface area contributed by atoms with Crippen molar-refractivity contribution < 1.29 is 14.3 Å². The molecule has 1 amide bonds. The first kappa shape index (κ1) is 22.5. The van der Waals surface area contributed by atoms with Crippen LogP contribution in [0.15, 0.2) is 54.6 Å². The fraction of sp³-hybridized carbons (Fsp3) is 0.346. The Bertz CT molecular complexity index is 1060. The normalized spacial score (nSPS) is 12.9. The number of carbonyl (C=O) groups excluding carboxylic acids is 2. The molecule has 0 bridgehead atoms. The molecule has 1 N–H and O–H groups in total. The number of aryl methyl sites for hydroxylation is 2. The van der Waals surface area contributed by atoms with Crippen molar-refractivity contribution >= 4 is 22.8 Å². The van der Waals surface area contributed by atoms with E-state index in [-0.39, 0.29) is 11.9 Å². The van der Waals surface area contributed by atoms with Gasteiger partial charge in [-0.3, -0.25) is 9.78 Å². The SMILES string of the molecule is CCc1nc2ccccc2c(C(=O)O[C@@H](C)C(=O)N[C@@H](C)CCc2ccccc2)c1C. The van der Waals surface area contributed by atoms with Crippen LogP contribution in [0.5, 0.6) is 0 Å². The topological polar surface area (TPSA) is 68.3 Å². The molecule has 1 heterocycles. The van der Waals surface area contributed by atoms with E-state index in [0.29, 0.717) is 12.0 Å². The highest BCUT2D eigenvalue weighted by atomic mass is 16.5. The van der Waals surface area contributed by atoms with E-state index in [9.17, 15) is 9.59 Å².